The first kappa shape index (κ1) is 10.3. The molecule has 1 atom stereocenters. The number of hydrogen-bond donors (Lipinski definition) is 1. The Labute approximate surface area is 79.9 Å². The van der Waals surface area contributed by atoms with E-state index in [0.29, 0.717) is 0 Å². The highest BCUT2D eigenvalue weighted by atomic mass is 15.3. The Balaban J connectivity index is 2.78. The van der Waals surface area contributed by atoms with E-state index in [9.17, 15) is 0 Å². The fourth-order valence-corrected chi connectivity index (χ4v) is 1.42. The highest BCUT2D eigenvalue weighted by Crippen LogP contribution is 2.12. The lowest BCUT2D eigenvalue weighted by Gasteiger charge is -2.08. The molecular formula is C10H19N3. The van der Waals surface area contributed by atoms with Gasteiger partial charge in [0.25, 0.3) is 0 Å². The number of hydrogen-bond acceptors (Lipinski definition) is 2. The molecule has 0 unspecified atom stereocenters. The molecule has 1 rings (SSSR count). The standard InChI is InChI=1S/C10H19N3/c1-4-5-6-13-10(9(3)11)7-8(2)12-13/h7,9H,4-6,11H2,1-3H3/t9-/m0/s1. The van der Waals surface area contributed by atoms with Crippen LogP contribution in [0.3, 0.4) is 0 Å². The maximum atomic E-state index is 5.84. The summed E-state index contributed by atoms with van der Waals surface area (Å²) in [4.78, 5) is 0. The summed E-state index contributed by atoms with van der Waals surface area (Å²) >= 11 is 0. The van der Waals surface area contributed by atoms with Gasteiger partial charge in [-0.1, -0.05) is 13.3 Å². The molecule has 0 radical (unpaired) electrons. The fourth-order valence-electron chi connectivity index (χ4n) is 1.42. The van der Waals surface area contributed by atoms with E-state index in [4.69, 9.17) is 5.73 Å². The quantitative estimate of drug-likeness (QED) is 0.772. The van der Waals surface area contributed by atoms with Gasteiger partial charge in [0.05, 0.1) is 11.4 Å². The summed E-state index contributed by atoms with van der Waals surface area (Å²) in [6, 6.07) is 2.15. The molecule has 1 aromatic rings. The monoisotopic (exact) mass is 181 g/mol. The Morgan fingerprint density at radius 3 is 2.85 bits per heavy atom. The van der Waals surface area contributed by atoms with Gasteiger partial charge in [0.1, 0.15) is 0 Å². The van der Waals surface area contributed by atoms with Crippen molar-refractivity contribution in [3.05, 3.63) is 17.5 Å². The Kier molecular flexibility index (Phi) is 3.48. The van der Waals surface area contributed by atoms with Gasteiger partial charge < -0.3 is 5.73 Å². The summed E-state index contributed by atoms with van der Waals surface area (Å²) in [5.74, 6) is 0. The van der Waals surface area contributed by atoms with Gasteiger partial charge in [-0.15, -0.1) is 0 Å². The van der Waals surface area contributed by atoms with Crippen LogP contribution in [-0.4, -0.2) is 9.78 Å². The Morgan fingerprint density at radius 1 is 1.62 bits per heavy atom. The van der Waals surface area contributed by atoms with E-state index in [1.54, 1.807) is 0 Å². The summed E-state index contributed by atoms with van der Waals surface area (Å²) < 4.78 is 2.03. The molecule has 74 valence electrons. The number of aromatic nitrogens is 2. The van der Waals surface area contributed by atoms with Crippen molar-refractivity contribution in [2.24, 2.45) is 5.73 Å². The first-order chi connectivity index (χ1) is 6.15. The summed E-state index contributed by atoms with van der Waals surface area (Å²) in [7, 11) is 0. The van der Waals surface area contributed by atoms with Crippen LogP contribution in [0.25, 0.3) is 0 Å². The van der Waals surface area contributed by atoms with E-state index in [1.807, 2.05) is 18.5 Å². The normalized spacial score (nSPS) is 13.2. The third-order valence-electron chi connectivity index (χ3n) is 2.12. The molecule has 0 bridgehead atoms. The van der Waals surface area contributed by atoms with Gasteiger partial charge in [-0.3, -0.25) is 4.68 Å². The van der Waals surface area contributed by atoms with Crippen molar-refractivity contribution in [2.45, 2.75) is 46.2 Å². The molecule has 0 aliphatic rings. The average molecular weight is 181 g/mol. The molecule has 3 nitrogen and oxygen atoms in total. The van der Waals surface area contributed by atoms with Crippen molar-refractivity contribution in [2.75, 3.05) is 0 Å². The second kappa shape index (κ2) is 4.42. The van der Waals surface area contributed by atoms with E-state index in [0.717, 1.165) is 17.9 Å². The van der Waals surface area contributed by atoms with Crippen molar-refractivity contribution >= 4 is 0 Å². The second-order valence-electron chi connectivity index (χ2n) is 3.58. The van der Waals surface area contributed by atoms with E-state index in [1.165, 1.54) is 12.8 Å². The van der Waals surface area contributed by atoms with Crippen molar-refractivity contribution in [3.63, 3.8) is 0 Å². The minimum atomic E-state index is 0.0815. The van der Waals surface area contributed by atoms with Gasteiger partial charge in [-0.2, -0.15) is 5.10 Å². The Hall–Kier alpha value is -0.830. The Morgan fingerprint density at radius 2 is 2.31 bits per heavy atom. The zero-order valence-corrected chi connectivity index (χ0v) is 8.75. The van der Waals surface area contributed by atoms with E-state index in [-0.39, 0.29) is 6.04 Å². The molecule has 0 saturated heterocycles. The molecule has 0 aromatic carbocycles. The molecule has 1 heterocycles. The number of unbranched alkanes of at least 4 members (excludes halogenated alkanes) is 1. The minimum Gasteiger partial charge on any atom is -0.323 e. The minimum absolute atomic E-state index is 0.0815. The number of nitrogens with zero attached hydrogens (tertiary/aromatic N) is 2. The lowest BCUT2D eigenvalue weighted by molar-refractivity contribution is 0.529. The molecule has 0 fully saturated rings. The van der Waals surface area contributed by atoms with Crippen LogP contribution in [0.15, 0.2) is 6.07 Å². The van der Waals surface area contributed by atoms with Crippen molar-refractivity contribution < 1.29 is 0 Å². The molecule has 0 aliphatic heterocycles. The van der Waals surface area contributed by atoms with Crippen LogP contribution in [0.1, 0.15) is 44.1 Å². The van der Waals surface area contributed by atoms with Crippen molar-refractivity contribution in [1.82, 2.24) is 9.78 Å². The topological polar surface area (TPSA) is 43.8 Å². The molecule has 3 heteroatoms. The number of nitrogens with two attached hydrogens (primary N) is 1. The molecule has 13 heavy (non-hydrogen) atoms. The second-order valence-corrected chi connectivity index (χ2v) is 3.58. The number of rotatable bonds is 4. The molecule has 1 aromatic heterocycles. The van der Waals surface area contributed by atoms with Crippen LogP contribution < -0.4 is 5.73 Å². The van der Waals surface area contributed by atoms with Gasteiger partial charge >= 0.3 is 0 Å². The van der Waals surface area contributed by atoms with E-state index >= 15 is 0 Å². The summed E-state index contributed by atoms with van der Waals surface area (Å²) in [6.45, 7) is 7.18. The largest absolute Gasteiger partial charge is 0.323 e. The van der Waals surface area contributed by atoms with Crippen LogP contribution in [-0.2, 0) is 6.54 Å². The Bertz CT molecular complexity index is 263. The maximum absolute atomic E-state index is 5.84. The number of aryl methyl sites for hydroxylation is 2. The van der Waals surface area contributed by atoms with Crippen LogP contribution in [0.4, 0.5) is 0 Å². The van der Waals surface area contributed by atoms with Crippen LogP contribution in [0.2, 0.25) is 0 Å². The molecule has 0 aliphatic carbocycles. The molecule has 0 saturated carbocycles. The van der Waals surface area contributed by atoms with Crippen LogP contribution >= 0.6 is 0 Å². The van der Waals surface area contributed by atoms with Crippen LogP contribution in [0.5, 0.6) is 0 Å². The summed E-state index contributed by atoms with van der Waals surface area (Å²) in [5, 5.41) is 4.41. The van der Waals surface area contributed by atoms with Gasteiger partial charge in [-0.05, 0) is 26.3 Å². The fraction of sp³-hybridized carbons (Fsp3) is 0.700. The third kappa shape index (κ3) is 2.56. The molecule has 2 N–H and O–H groups in total. The first-order valence-corrected chi connectivity index (χ1v) is 4.95. The highest BCUT2D eigenvalue weighted by Gasteiger charge is 2.08. The van der Waals surface area contributed by atoms with E-state index < -0.39 is 0 Å². The maximum Gasteiger partial charge on any atom is 0.0597 e. The zero-order chi connectivity index (χ0) is 9.84. The predicted molar refractivity (Wildman–Crippen MR) is 54.5 cm³/mol. The lowest BCUT2D eigenvalue weighted by atomic mass is 10.2. The lowest BCUT2D eigenvalue weighted by Crippen LogP contribution is -2.13. The van der Waals surface area contributed by atoms with Crippen molar-refractivity contribution in [1.29, 1.82) is 0 Å². The SMILES string of the molecule is CCCCn1nc(C)cc1[C@H](C)N. The smallest absolute Gasteiger partial charge is 0.0597 e. The van der Waals surface area contributed by atoms with E-state index in [2.05, 4.69) is 18.1 Å². The van der Waals surface area contributed by atoms with Crippen LogP contribution in [0, 0.1) is 6.92 Å². The molecule has 0 amide bonds. The first-order valence-electron chi connectivity index (χ1n) is 4.95. The highest BCUT2D eigenvalue weighted by molar-refractivity contribution is 5.11. The van der Waals surface area contributed by atoms with Gasteiger partial charge in [-0.25, -0.2) is 0 Å². The summed E-state index contributed by atoms with van der Waals surface area (Å²) in [6.07, 6.45) is 2.36. The van der Waals surface area contributed by atoms with Crippen molar-refractivity contribution in [3.8, 4) is 0 Å². The molecular weight excluding hydrogens is 162 g/mol. The molecule has 0 spiro atoms. The van der Waals surface area contributed by atoms with Gasteiger partial charge in [0, 0.05) is 12.6 Å². The predicted octanol–water partition coefficient (Wildman–Crippen LogP) is 2.01. The van der Waals surface area contributed by atoms with Gasteiger partial charge in [0.15, 0.2) is 0 Å². The average Bonchev–Trinajstić information content (AvgIpc) is 2.43. The zero-order valence-electron chi connectivity index (χ0n) is 8.75. The van der Waals surface area contributed by atoms with Gasteiger partial charge in [0.2, 0.25) is 0 Å². The third-order valence-corrected chi connectivity index (χ3v) is 2.12. The summed E-state index contributed by atoms with van der Waals surface area (Å²) in [5.41, 5.74) is 8.04.